The van der Waals surface area contributed by atoms with Crippen molar-refractivity contribution in [2.75, 3.05) is 0 Å². The molecular formula is C23H23N3O3. The average Bonchev–Trinajstić information content (AvgIpc) is 2.75. The molecule has 0 fully saturated rings. The number of aliphatic carboxylic acids is 1. The number of rotatable bonds is 9. The number of carboxylic acid groups (broad SMARTS) is 1. The molecule has 0 heterocycles. The van der Waals surface area contributed by atoms with Crippen molar-refractivity contribution in [3.63, 3.8) is 0 Å². The molecule has 1 atom stereocenters. The molecule has 6 heteroatoms. The van der Waals surface area contributed by atoms with E-state index in [2.05, 4.69) is 10.4 Å². The van der Waals surface area contributed by atoms with Gasteiger partial charge in [-0.3, -0.25) is 4.79 Å². The van der Waals surface area contributed by atoms with Crippen molar-refractivity contribution in [1.29, 1.82) is 0 Å². The van der Waals surface area contributed by atoms with E-state index in [1.54, 1.807) is 0 Å². The van der Waals surface area contributed by atoms with Crippen LogP contribution in [0.1, 0.15) is 29.0 Å². The molecule has 0 aliphatic heterocycles. The van der Waals surface area contributed by atoms with Crippen molar-refractivity contribution < 1.29 is 14.6 Å². The van der Waals surface area contributed by atoms with Crippen LogP contribution in [-0.4, -0.2) is 17.4 Å². The number of hydrogen-bond acceptors (Lipinski definition) is 4. The third-order valence-corrected chi connectivity index (χ3v) is 4.45. The quantitative estimate of drug-likeness (QED) is 0.222. The van der Waals surface area contributed by atoms with E-state index >= 15 is 0 Å². The van der Waals surface area contributed by atoms with Crippen LogP contribution >= 0.6 is 0 Å². The lowest BCUT2D eigenvalue weighted by atomic mass is 9.88. The highest BCUT2D eigenvalue weighted by Crippen LogP contribution is 2.30. The number of carbonyl (C=O) groups is 1. The summed E-state index contributed by atoms with van der Waals surface area (Å²) >= 11 is 0. The van der Waals surface area contributed by atoms with Crippen LogP contribution in [0.2, 0.25) is 0 Å². The van der Waals surface area contributed by atoms with Gasteiger partial charge in [0.2, 0.25) is 0 Å². The van der Waals surface area contributed by atoms with Gasteiger partial charge in [-0.05, 0) is 41.0 Å². The number of carboxylic acids is 1. The maximum Gasteiger partial charge on any atom is 0.304 e. The molecule has 0 amide bonds. The Morgan fingerprint density at radius 2 is 1.79 bits per heavy atom. The Labute approximate surface area is 169 Å². The van der Waals surface area contributed by atoms with Gasteiger partial charge in [-0.2, -0.15) is 0 Å². The summed E-state index contributed by atoms with van der Waals surface area (Å²) in [6.45, 7) is 0.373. The zero-order chi connectivity index (χ0) is 20.5. The van der Waals surface area contributed by atoms with Gasteiger partial charge in [0.1, 0.15) is 18.7 Å². The minimum Gasteiger partial charge on any atom is -0.489 e. The van der Waals surface area contributed by atoms with Gasteiger partial charge in [0.05, 0.1) is 12.1 Å². The molecule has 4 N–H and O–H groups in total. The Bertz CT molecular complexity index is 974. The van der Waals surface area contributed by atoms with E-state index in [0.717, 1.165) is 22.4 Å². The van der Waals surface area contributed by atoms with Crippen molar-refractivity contribution in [3.8, 4) is 5.75 Å². The van der Waals surface area contributed by atoms with Crippen LogP contribution in [0, 0.1) is 0 Å². The molecule has 0 aromatic heterocycles. The minimum atomic E-state index is -0.838. The Hall–Kier alpha value is -3.64. The largest absolute Gasteiger partial charge is 0.489 e. The molecule has 6 nitrogen and oxygen atoms in total. The molecule has 0 saturated carbocycles. The average molecular weight is 389 g/mol. The molecule has 3 rings (SSSR count). The number of hydrazine groups is 1. The van der Waals surface area contributed by atoms with Crippen molar-refractivity contribution in [2.24, 2.45) is 10.8 Å². The number of ether oxygens (including phenoxy) is 1. The first-order valence-corrected chi connectivity index (χ1v) is 9.23. The van der Waals surface area contributed by atoms with Gasteiger partial charge in [-0.25, -0.2) is 10.8 Å². The van der Waals surface area contributed by atoms with Crippen LogP contribution in [0.3, 0.4) is 0 Å². The monoisotopic (exact) mass is 389 g/mol. The Balaban J connectivity index is 1.76. The Morgan fingerprint density at radius 1 is 1.03 bits per heavy atom. The summed E-state index contributed by atoms with van der Waals surface area (Å²) in [6, 6.07) is 24.9. The fourth-order valence-electron chi connectivity index (χ4n) is 3.11. The highest BCUT2D eigenvalue weighted by Gasteiger charge is 2.18. The molecule has 148 valence electrons. The van der Waals surface area contributed by atoms with E-state index in [1.165, 1.54) is 6.34 Å². The summed E-state index contributed by atoms with van der Waals surface area (Å²) in [5.74, 6) is 4.81. The van der Waals surface area contributed by atoms with Crippen LogP contribution in [0.4, 0.5) is 5.69 Å². The number of hydrogen-bond donors (Lipinski definition) is 3. The molecule has 0 aliphatic rings. The highest BCUT2D eigenvalue weighted by atomic mass is 16.5. The summed E-state index contributed by atoms with van der Waals surface area (Å²) < 4.78 is 5.94. The fourth-order valence-corrected chi connectivity index (χ4v) is 3.11. The number of nitrogens with zero attached hydrogens (tertiary/aromatic N) is 1. The molecule has 29 heavy (non-hydrogen) atoms. The first-order valence-electron chi connectivity index (χ1n) is 9.23. The SMILES string of the molecule is NNC=Nc1cccc(COc2cccc(C(CC(=O)O)c3ccccc3)c2)c1. The van der Waals surface area contributed by atoms with Gasteiger partial charge in [0.15, 0.2) is 0 Å². The van der Waals surface area contributed by atoms with Gasteiger partial charge >= 0.3 is 5.97 Å². The molecular weight excluding hydrogens is 366 g/mol. The van der Waals surface area contributed by atoms with Crippen LogP contribution < -0.4 is 16.0 Å². The van der Waals surface area contributed by atoms with Crippen molar-refractivity contribution >= 4 is 18.0 Å². The Kier molecular flexibility index (Phi) is 6.97. The molecule has 3 aromatic carbocycles. The van der Waals surface area contributed by atoms with E-state index in [-0.39, 0.29) is 12.3 Å². The smallest absolute Gasteiger partial charge is 0.304 e. The van der Waals surface area contributed by atoms with Crippen molar-refractivity contribution in [2.45, 2.75) is 18.9 Å². The second kappa shape index (κ2) is 10.1. The van der Waals surface area contributed by atoms with Gasteiger partial charge < -0.3 is 15.3 Å². The number of aliphatic imine (C=N–C) groups is 1. The molecule has 0 saturated heterocycles. The molecule has 0 radical (unpaired) electrons. The third-order valence-electron chi connectivity index (χ3n) is 4.45. The van der Waals surface area contributed by atoms with E-state index in [0.29, 0.717) is 12.4 Å². The maximum absolute atomic E-state index is 11.4. The zero-order valence-electron chi connectivity index (χ0n) is 15.9. The number of nitrogens with two attached hydrogens (primary N) is 1. The third kappa shape index (κ3) is 5.92. The number of nitrogens with one attached hydrogen (secondary N) is 1. The second-order valence-corrected chi connectivity index (χ2v) is 6.52. The molecule has 0 spiro atoms. The van der Waals surface area contributed by atoms with E-state index in [4.69, 9.17) is 10.6 Å². The second-order valence-electron chi connectivity index (χ2n) is 6.52. The van der Waals surface area contributed by atoms with Crippen LogP contribution in [0.25, 0.3) is 0 Å². The fraction of sp³-hybridized carbons (Fsp3) is 0.130. The Morgan fingerprint density at radius 3 is 2.55 bits per heavy atom. The van der Waals surface area contributed by atoms with Crippen LogP contribution in [0.5, 0.6) is 5.75 Å². The summed E-state index contributed by atoms with van der Waals surface area (Å²) in [4.78, 5) is 15.6. The predicted molar refractivity (Wildman–Crippen MR) is 113 cm³/mol. The van der Waals surface area contributed by atoms with Crippen LogP contribution in [-0.2, 0) is 11.4 Å². The zero-order valence-corrected chi connectivity index (χ0v) is 15.9. The van der Waals surface area contributed by atoms with Crippen molar-refractivity contribution in [3.05, 3.63) is 95.6 Å². The molecule has 1 unspecified atom stereocenters. The summed E-state index contributed by atoms with van der Waals surface area (Å²) in [6.07, 6.45) is 1.43. The standard InChI is InChI=1S/C23H23N3O3/c24-26-16-25-20-10-4-6-17(12-20)15-29-21-11-5-9-19(13-21)22(14-23(27)28)18-7-2-1-3-8-18/h1-13,16,22H,14-15,24H2,(H,25,26)(H,27,28). The van der Waals surface area contributed by atoms with E-state index < -0.39 is 5.97 Å². The summed E-state index contributed by atoms with van der Waals surface area (Å²) in [7, 11) is 0. The normalized spacial score (nSPS) is 11.9. The topological polar surface area (TPSA) is 96.9 Å². The summed E-state index contributed by atoms with van der Waals surface area (Å²) in [5.41, 5.74) is 5.97. The van der Waals surface area contributed by atoms with Crippen molar-refractivity contribution in [1.82, 2.24) is 5.43 Å². The first-order chi connectivity index (χ1) is 14.2. The van der Waals surface area contributed by atoms with E-state index in [1.807, 2.05) is 78.9 Å². The highest BCUT2D eigenvalue weighted by molar-refractivity contribution is 5.69. The van der Waals surface area contributed by atoms with Gasteiger partial charge in [-0.1, -0.05) is 54.6 Å². The molecule has 0 aliphatic carbocycles. The van der Waals surface area contributed by atoms with Gasteiger partial charge in [-0.15, -0.1) is 0 Å². The molecule has 0 bridgehead atoms. The minimum absolute atomic E-state index is 0.0166. The number of benzene rings is 3. The van der Waals surface area contributed by atoms with Crippen LogP contribution in [0.15, 0.2) is 83.9 Å². The molecule has 3 aromatic rings. The lowest BCUT2D eigenvalue weighted by molar-refractivity contribution is -0.137. The predicted octanol–water partition coefficient (Wildman–Crippen LogP) is 4.00. The maximum atomic E-state index is 11.4. The summed E-state index contributed by atoms with van der Waals surface area (Å²) in [5, 5.41) is 9.36. The van der Waals surface area contributed by atoms with Gasteiger partial charge in [0, 0.05) is 5.92 Å². The van der Waals surface area contributed by atoms with E-state index in [9.17, 15) is 9.90 Å². The lowest BCUT2D eigenvalue weighted by Gasteiger charge is -2.17. The van der Waals surface area contributed by atoms with Gasteiger partial charge in [0.25, 0.3) is 0 Å². The lowest BCUT2D eigenvalue weighted by Crippen LogP contribution is -2.18. The first kappa shape index (κ1) is 20.1.